The van der Waals surface area contributed by atoms with E-state index in [0.29, 0.717) is 23.5 Å². The molecule has 192 valence electrons. The molecule has 4 aliphatic rings. The third-order valence-electron chi connectivity index (χ3n) is 8.37. The quantitative estimate of drug-likeness (QED) is 0.644. The fourth-order valence-electron chi connectivity index (χ4n) is 6.10. The lowest BCUT2D eigenvalue weighted by molar-refractivity contribution is -0.136. The summed E-state index contributed by atoms with van der Waals surface area (Å²) in [6.45, 7) is 7.53. The molecule has 4 heterocycles. The molecule has 1 aromatic carbocycles. The van der Waals surface area contributed by atoms with Gasteiger partial charge in [0.1, 0.15) is 6.04 Å². The molecular formula is C27H34N4O5. The van der Waals surface area contributed by atoms with E-state index in [1.807, 2.05) is 11.0 Å². The normalized spacial score (nSPS) is 24.0. The summed E-state index contributed by atoms with van der Waals surface area (Å²) in [4.78, 5) is 67.6. The maximum absolute atomic E-state index is 13.2. The topological polar surface area (TPSA) is 107 Å². The van der Waals surface area contributed by atoms with Gasteiger partial charge >= 0.3 is 0 Å². The minimum Gasteiger partial charge on any atom is -0.371 e. The molecular weight excluding hydrogens is 460 g/mol. The number of carbonyl (C=O) groups is 5. The summed E-state index contributed by atoms with van der Waals surface area (Å²) in [5.41, 5.74) is 1.79. The van der Waals surface area contributed by atoms with Gasteiger partial charge in [0.15, 0.2) is 0 Å². The molecule has 0 saturated carbocycles. The van der Waals surface area contributed by atoms with Crippen LogP contribution < -0.4 is 10.2 Å². The number of amides is 5. The van der Waals surface area contributed by atoms with Crippen LogP contribution in [0, 0.1) is 11.3 Å². The standard InChI is InChI=1S/C27H34N4O5/c1-17(2)15-23(33)30-13-9-27(10-14-30)7-11-29(12-8-27)18-3-4-19-20(16-18)26(36)31(25(19)35)21-5-6-22(32)28-24(21)34/h3-4,16-17,21H,5-15H2,1-2H3,(H,28,32,34). The number of nitrogens with one attached hydrogen (secondary N) is 1. The monoisotopic (exact) mass is 494 g/mol. The van der Waals surface area contributed by atoms with Crippen LogP contribution in [0.4, 0.5) is 5.69 Å². The smallest absolute Gasteiger partial charge is 0.262 e. The van der Waals surface area contributed by atoms with Gasteiger partial charge in [0.25, 0.3) is 11.8 Å². The summed E-state index contributed by atoms with van der Waals surface area (Å²) in [7, 11) is 0. The Bertz CT molecular complexity index is 1110. The number of carbonyl (C=O) groups excluding carboxylic acids is 5. The first-order valence-electron chi connectivity index (χ1n) is 13.1. The molecule has 3 saturated heterocycles. The highest BCUT2D eigenvalue weighted by Crippen LogP contribution is 2.43. The van der Waals surface area contributed by atoms with Gasteiger partial charge in [-0.15, -0.1) is 0 Å². The van der Waals surface area contributed by atoms with E-state index in [0.717, 1.165) is 62.4 Å². The minimum atomic E-state index is -0.952. The average molecular weight is 495 g/mol. The van der Waals surface area contributed by atoms with Crippen molar-refractivity contribution in [2.75, 3.05) is 31.1 Å². The Morgan fingerprint density at radius 3 is 2.25 bits per heavy atom. The highest BCUT2D eigenvalue weighted by molar-refractivity contribution is 6.23. The van der Waals surface area contributed by atoms with Crippen molar-refractivity contribution in [2.45, 2.75) is 64.8 Å². The Morgan fingerprint density at radius 1 is 0.972 bits per heavy atom. The number of piperidine rings is 3. The average Bonchev–Trinajstić information content (AvgIpc) is 3.09. The zero-order chi connectivity index (χ0) is 25.6. The molecule has 0 radical (unpaired) electrons. The summed E-state index contributed by atoms with van der Waals surface area (Å²) in [6.07, 6.45) is 5.00. The molecule has 1 atom stereocenters. The molecule has 5 rings (SSSR count). The molecule has 1 spiro atoms. The van der Waals surface area contributed by atoms with E-state index in [1.165, 1.54) is 0 Å². The molecule has 1 unspecified atom stereocenters. The maximum Gasteiger partial charge on any atom is 0.262 e. The first kappa shape index (κ1) is 24.5. The van der Waals surface area contributed by atoms with Crippen molar-refractivity contribution in [3.8, 4) is 0 Å². The van der Waals surface area contributed by atoms with Crippen LogP contribution in [-0.2, 0) is 14.4 Å². The summed E-state index contributed by atoms with van der Waals surface area (Å²) in [5, 5.41) is 2.23. The van der Waals surface area contributed by atoms with E-state index < -0.39 is 23.8 Å². The fourth-order valence-corrected chi connectivity index (χ4v) is 6.10. The molecule has 0 bridgehead atoms. The maximum atomic E-state index is 13.2. The minimum absolute atomic E-state index is 0.105. The lowest BCUT2D eigenvalue weighted by Gasteiger charge is -2.47. The van der Waals surface area contributed by atoms with Crippen LogP contribution >= 0.6 is 0 Å². The van der Waals surface area contributed by atoms with E-state index in [-0.39, 0.29) is 30.1 Å². The Kier molecular flexibility index (Phi) is 6.34. The van der Waals surface area contributed by atoms with Gasteiger partial charge in [-0.2, -0.15) is 0 Å². The number of rotatable bonds is 4. The van der Waals surface area contributed by atoms with Gasteiger partial charge in [-0.25, -0.2) is 0 Å². The molecule has 0 aromatic heterocycles. The second-order valence-corrected chi connectivity index (χ2v) is 11.1. The lowest BCUT2D eigenvalue weighted by Crippen LogP contribution is -2.54. The Hall–Kier alpha value is -3.23. The molecule has 1 aromatic rings. The van der Waals surface area contributed by atoms with Crippen LogP contribution in [0.3, 0.4) is 0 Å². The van der Waals surface area contributed by atoms with Gasteiger partial charge in [0.2, 0.25) is 17.7 Å². The largest absolute Gasteiger partial charge is 0.371 e. The first-order chi connectivity index (χ1) is 17.2. The summed E-state index contributed by atoms with van der Waals surface area (Å²) >= 11 is 0. The van der Waals surface area contributed by atoms with E-state index >= 15 is 0 Å². The van der Waals surface area contributed by atoms with Gasteiger partial charge in [-0.1, -0.05) is 13.8 Å². The number of likely N-dealkylation sites (tertiary alicyclic amines) is 1. The van der Waals surface area contributed by atoms with E-state index in [4.69, 9.17) is 0 Å². The SMILES string of the molecule is CC(C)CC(=O)N1CCC2(CC1)CCN(c1ccc3c(c1)C(=O)N(C1CCC(=O)NC1=O)C3=O)CC2. The van der Waals surface area contributed by atoms with Crippen LogP contribution in [0.25, 0.3) is 0 Å². The number of hydrogen-bond acceptors (Lipinski definition) is 6. The number of nitrogens with zero attached hydrogens (tertiary/aromatic N) is 3. The van der Waals surface area contributed by atoms with E-state index in [9.17, 15) is 24.0 Å². The Labute approximate surface area is 211 Å². The van der Waals surface area contributed by atoms with Gasteiger partial charge in [-0.05, 0) is 61.6 Å². The molecule has 1 N–H and O–H groups in total. The molecule has 0 aliphatic carbocycles. The number of hydrogen-bond donors (Lipinski definition) is 1. The second-order valence-electron chi connectivity index (χ2n) is 11.1. The summed E-state index contributed by atoms with van der Waals surface area (Å²) in [5.74, 6) is -1.29. The van der Waals surface area contributed by atoms with Crippen LogP contribution in [0.5, 0.6) is 0 Å². The van der Waals surface area contributed by atoms with Crippen molar-refractivity contribution in [3.05, 3.63) is 29.3 Å². The highest BCUT2D eigenvalue weighted by atomic mass is 16.2. The van der Waals surface area contributed by atoms with Crippen molar-refractivity contribution < 1.29 is 24.0 Å². The van der Waals surface area contributed by atoms with Gasteiger partial charge in [0, 0.05) is 44.7 Å². The zero-order valence-electron chi connectivity index (χ0n) is 21.0. The van der Waals surface area contributed by atoms with Crippen molar-refractivity contribution in [1.29, 1.82) is 0 Å². The predicted octanol–water partition coefficient (Wildman–Crippen LogP) is 2.34. The van der Waals surface area contributed by atoms with Crippen LogP contribution in [0.1, 0.15) is 79.5 Å². The van der Waals surface area contributed by atoms with Gasteiger partial charge in [0.05, 0.1) is 11.1 Å². The zero-order valence-corrected chi connectivity index (χ0v) is 21.0. The summed E-state index contributed by atoms with van der Waals surface area (Å²) < 4.78 is 0. The molecule has 9 heteroatoms. The predicted molar refractivity (Wildman–Crippen MR) is 132 cm³/mol. The number of anilines is 1. The van der Waals surface area contributed by atoms with Crippen LogP contribution in [0.15, 0.2) is 18.2 Å². The molecule has 5 amide bonds. The van der Waals surface area contributed by atoms with Crippen molar-refractivity contribution in [1.82, 2.24) is 15.1 Å². The molecule has 3 fully saturated rings. The molecule has 36 heavy (non-hydrogen) atoms. The van der Waals surface area contributed by atoms with Gasteiger partial charge < -0.3 is 9.80 Å². The van der Waals surface area contributed by atoms with Crippen molar-refractivity contribution in [3.63, 3.8) is 0 Å². The summed E-state index contributed by atoms with van der Waals surface area (Å²) in [6, 6.07) is 4.38. The fraction of sp³-hybridized carbons (Fsp3) is 0.593. The lowest BCUT2D eigenvalue weighted by atomic mass is 9.71. The van der Waals surface area contributed by atoms with E-state index in [1.54, 1.807) is 12.1 Å². The van der Waals surface area contributed by atoms with Crippen molar-refractivity contribution in [2.24, 2.45) is 11.3 Å². The van der Waals surface area contributed by atoms with E-state index in [2.05, 4.69) is 24.1 Å². The third-order valence-corrected chi connectivity index (χ3v) is 8.37. The highest BCUT2D eigenvalue weighted by Gasteiger charge is 2.45. The number of benzene rings is 1. The van der Waals surface area contributed by atoms with Crippen LogP contribution in [-0.4, -0.2) is 71.6 Å². The third kappa shape index (κ3) is 4.40. The first-order valence-corrected chi connectivity index (χ1v) is 13.1. The second kappa shape index (κ2) is 9.33. The number of fused-ring (bicyclic) bond motifs is 1. The molecule has 4 aliphatic heterocycles. The van der Waals surface area contributed by atoms with Gasteiger partial charge in [-0.3, -0.25) is 34.2 Å². The number of imide groups is 2. The molecule has 9 nitrogen and oxygen atoms in total. The van der Waals surface area contributed by atoms with Crippen LogP contribution in [0.2, 0.25) is 0 Å². The Morgan fingerprint density at radius 2 is 1.61 bits per heavy atom. The van der Waals surface area contributed by atoms with Crippen molar-refractivity contribution >= 4 is 35.2 Å². The Balaban J connectivity index is 1.23.